The second-order valence-corrected chi connectivity index (χ2v) is 6.28. The lowest BCUT2D eigenvalue weighted by atomic mass is 10.1. The number of halogens is 2. The smallest absolute Gasteiger partial charge is 0.330 e. The van der Waals surface area contributed by atoms with E-state index in [0.29, 0.717) is 6.61 Å². The predicted octanol–water partition coefficient (Wildman–Crippen LogP) is 3.26. The van der Waals surface area contributed by atoms with E-state index in [1.165, 1.54) is 6.08 Å². The molecule has 18 heavy (non-hydrogen) atoms. The lowest BCUT2D eigenvalue weighted by molar-refractivity contribution is -0.137. The Morgan fingerprint density at radius 3 is 2.22 bits per heavy atom. The second kappa shape index (κ2) is 12.7. The molecule has 0 saturated heterocycles. The van der Waals surface area contributed by atoms with E-state index in [0.717, 1.165) is 51.0 Å². The van der Waals surface area contributed by atoms with Gasteiger partial charge in [0.25, 0.3) is 0 Å². The minimum atomic E-state index is -2.01. The molecular formula is C13H24F2O2Si. The van der Waals surface area contributed by atoms with Crippen molar-refractivity contribution < 1.29 is 18.3 Å². The Balaban J connectivity index is 3.03. The van der Waals surface area contributed by atoms with E-state index >= 15 is 0 Å². The van der Waals surface area contributed by atoms with Gasteiger partial charge in [-0.1, -0.05) is 51.1 Å². The first-order valence-corrected chi connectivity index (χ1v) is 8.56. The van der Waals surface area contributed by atoms with E-state index in [9.17, 15) is 13.6 Å². The third kappa shape index (κ3) is 13.4. The number of alkyl halides is 2. The van der Waals surface area contributed by atoms with Crippen molar-refractivity contribution in [1.29, 1.82) is 0 Å². The summed E-state index contributed by atoms with van der Waals surface area (Å²) in [5.41, 5.74) is 0. The van der Waals surface area contributed by atoms with Crippen molar-refractivity contribution in [2.24, 2.45) is 0 Å². The lowest BCUT2D eigenvalue weighted by Crippen LogP contribution is -2.02. The number of rotatable bonds is 12. The largest absolute Gasteiger partial charge is 0.463 e. The van der Waals surface area contributed by atoms with E-state index in [2.05, 4.69) is 6.58 Å². The quantitative estimate of drug-likeness (QED) is 0.237. The highest BCUT2D eigenvalue weighted by Crippen LogP contribution is 2.09. The Hall–Kier alpha value is -0.713. The highest BCUT2D eigenvalue weighted by molar-refractivity contribution is 6.36. The van der Waals surface area contributed by atoms with Crippen LogP contribution in [0.1, 0.15) is 44.9 Å². The second-order valence-electron chi connectivity index (χ2n) is 4.38. The molecule has 0 atom stereocenters. The number of esters is 1. The van der Waals surface area contributed by atoms with Crippen molar-refractivity contribution in [3.8, 4) is 0 Å². The highest BCUT2D eigenvalue weighted by Gasteiger charge is 2.01. The van der Waals surface area contributed by atoms with E-state index in [-0.39, 0.29) is 5.97 Å². The van der Waals surface area contributed by atoms with E-state index in [1.807, 2.05) is 0 Å². The number of unbranched alkanes of at least 4 members (excludes halogenated alkanes) is 6. The first kappa shape index (κ1) is 17.3. The van der Waals surface area contributed by atoms with Crippen LogP contribution < -0.4 is 0 Å². The Bertz CT molecular complexity index is 223. The normalized spacial score (nSPS) is 11.3. The average Bonchev–Trinajstić information content (AvgIpc) is 2.35. The third-order valence-electron chi connectivity index (χ3n) is 2.73. The molecule has 106 valence electrons. The molecule has 0 aromatic rings. The summed E-state index contributed by atoms with van der Waals surface area (Å²) in [6.45, 7) is 3.78. The molecule has 0 radical (unpaired) electrons. The number of carbonyl (C=O) groups is 1. The molecule has 0 aliphatic heterocycles. The average molecular weight is 278 g/mol. The van der Waals surface area contributed by atoms with Gasteiger partial charge in [-0.15, -0.1) is 0 Å². The molecule has 0 spiro atoms. The first-order valence-electron chi connectivity index (χ1n) is 6.74. The Morgan fingerprint density at radius 2 is 1.67 bits per heavy atom. The van der Waals surface area contributed by atoms with Crippen LogP contribution in [0.3, 0.4) is 0 Å². The maximum absolute atomic E-state index is 11.9. The van der Waals surface area contributed by atoms with Gasteiger partial charge in [0.05, 0.1) is 6.61 Å². The van der Waals surface area contributed by atoms with Crippen LogP contribution in [-0.4, -0.2) is 28.1 Å². The van der Waals surface area contributed by atoms with Gasteiger partial charge >= 0.3 is 5.97 Å². The topological polar surface area (TPSA) is 26.3 Å². The Kier molecular flexibility index (Phi) is 12.2. The summed E-state index contributed by atoms with van der Waals surface area (Å²) in [4.78, 5) is 10.7. The molecule has 0 aliphatic carbocycles. The van der Waals surface area contributed by atoms with Gasteiger partial charge in [0.1, 0.15) is 9.52 Å². The van der Waals surface area contributed by atoms with Gasteiger partial charge in [0.15, 0.2) is 0 Å². The highest BCUT2D eigenvalue weighted by atomic mass is 28.2. The fraction of sp³-hybridized carbons (Fsp3) is 0.769. The summed E-state index contributed by atoms with van der Waals surface area (Å²) >= 11 is 0. The lowest BCUT2D eigenvalue weighted by Gasteiger charge is -2.03. The summed E-state index contributed by atoms with van der Waals surface area (Å²) in [6, 6.07) is -1.24. The number of hydrogen-bond donors (Lipinski definition) is 0. The molecule has 0 aliphatic rings. The van der Waals surface area contributed by atoms with Crippen LogP contribution in [0.2, 0.25) is 6.04 Å². The minimum Gasteiger partial charge on any atom is -0.463 e. The van der Waals surface area contributed by atoms with Crippen molar-refractivity contribution in [3.63, 3.8) is 0 Å². The van der Waals surface area contributed by atoms with Crippen LogP contribution in [0.25, 0.3) is 0 Å². The van der Waals surface area contributed by atoms with Crippen LogP contribution in [-0.2, 0) is 9.53 Å². The van der Waals surface area contributed by atoms with Gasteiger partial charge in [0.2, 0.25) is 6.05 Å². The molecule has 0 saturated carbocycles. The standard InChI is InChI=1S/C13H24F2O2Si/c1-2-12(16)17-10-8-6-4-3-5-7-9-11-18-13(14)15/h2,13H,1,3-11,18H2. The number of carbonyl (C=O) groups excluding carboxylic acids is 1. The zero-order valence-corrected chi connectivity index (χ0v) is 12.4. The molecule has 0 fully saturated rings. The number of ether oxygens (including phenoxy) is 1. The monoisotopic (exact) mass is 278 g/mol. The van der Waals surface area contributed by atoms with Crippen LogP contribution in [0.15, 0.2) is 12.7 Å². The third-order valence-corrected chi connectivity index (χ3v) is 4.07. The van der Waals surface area contributed by atoms with Crippen LogP contribution in [0.5, 0.6) is 0 Å². The van der Waals surface area contributed by atoms with E-state index in [1.54, 1.807) is 0 Å². The molecule has 0 rings (SSSR count). The molecule has 0 amide bonds. The van der Waals surface area contributed by atoms with Crippen molar-refractivity contribution in [2.45, 2.75) is 57.0 Å². The fourth-order valence-electron chi connectivity index (χ4n) is 1.69. The SMILES string of the molecule is C=CC(=O)OCCCCCCCCC[SiH2]C(F)F. The Labute approximate surface area is 111 Å². The van der Waals surface area contributed by atoms with Crippen molar-refractivity contribution in [1.82, 2.24) is 0 Å². The summed E-state index contributed by atoms with van der Waals surface area (Å²) in [5, 5.41) is 0. The molecule has 0 unspecified atom stereocenters. The summed E-state index contributed by atoms with van der Waals surface area (Å²) in [6.07, 6.45) is 8.54. The molecule has 5 heteroatoms. The molecule has 0 aromatic carbocycles. The Morgan fingerprint density at radius 1 is 1.11 bits per heavy atom. The fourth-order valence-corrected chi connectivity index (χ4v) is 2.64. The van der Waals surface area contributed by atoms with Gasteiger partial charge in [-0.3, -0.25) is 0 Å². The maximum Gasteiger partial charge on any atom is 0.330 e. The van der Waals surface area contributed by atoms with Crippen LogP contribution in [0.4, 0.5) is 8.78 Å². The van der Waals surface area contributed by atoms with Gasteiger partial charge in [-0.05, 0) is 6.42 Å². The minimum absolute atomic E-state index is 0.363. The van der Waals surface area contributed by atoms with Crippen molar-refractivity contribution in [2.75, 3.05) is 6.61 Å². The van der Waals surface area contributed by atoms with Crippen molar-refractivity contribution >= 4 is 15.5 Å². The predicted molar refractivity (Wildman–Crippen MR) is 72.8 cm³/mol. The molecule has 2 nitrogen and oxygen atoms in total. The van der Waals surface area contributed by atoms with Gasteiger partial charge < -0.3 is 4.74 Å². The molecular weight excluding hydrogens is 254 g/mol. The summed E-state index contributed by atoms with van der Waals surface area (Å²) in [7, 11) is -1.10. The molecule has 0 heterocycles. The molecule has 0 aromatic heterocycles. The van der Waals surface area contributed by atoms with Crippen LogP contribution in [0, 0.1) is 0 Å². The summed E-state index contributed by atoms with van der Waals surface area (Å²) in [5.74, 6) is -0.363. The van der Waals surface area contributed by atoms with Gasteiger partial charge in [-0.2, -0.15) is 0 Å². The van der Waals surface area contributed by atoms with Crippen molar-refractivity contribution in [3.05, 3.63) is 12.7 Å². The van der Waals surface area contributed by atoms with Gasteiger partial charge in [0, 0.05) is 6.08 Å². The zero-order valence-electron chi connectivity index (χ0n) is 11.0. The van der Waals surface area contributed by atoms with E-state index in [4.69, 9.17) is 4.74 Å². The maximum atomic E-state index is 11.9. The molecule has 0 N–H and O–H groups in total. The van der Waals surface area contributed by atoms with Gasteiger partial charge in [-0.25, -0.2) is 13.6 Å². The number of hydrogen-bond acceptors (Lipinski definition) is 2. The van der Waals surface area contributed by atoms with E-state index < -0.39 is 15.6 Å². The summed E-state index contributed by atoms with van der Waals surface area (Å²) < 4.78 is 28.6. The molecule has 0 bridgehead atoms. The zero-order chi connectivity index (χ0) is 13.6. The van der Waals surface area contributed by atoms with Crippen LogP contribution >= 0.6 is 0 Å². The first-order chi connectivity index (χ1) is 8.66.